The lowest BCUT2D eigenvalue weighted by Crippen LogP contribution is -2.16. The first-order valence-electron chi connectivity index (χ1n) is 6.81. The van der Waals surface area contributed by atoms with Crippen LogP contribution in [0.25, 0.3) is 11.1 Å². The van der Waals surface area contributed by atoms with Gasteiger partial charge >= 0.3 is 0 Å². The second-order valence-electron chi connectivity index (χ2n) is 5.17. The average Bonchev–Trinajstić information content (AvgIpc) is 2.65. The van der Waals surface area contributed by atoms with Gasteiger partial charge in [-0.3, -0.25) is 4.68 Å². The summed E-state index contributed by atoms with van der Waals surface area (Å²) in [5.74, 6) is 0. The standard InChI is InChI=1S/C16H23N3/c1-11-6-7-15(10-12(11)2)16-13(3)18-19(14(16)4)9-8-17-5/h6-7,10,17H,8-9H2,1-5H3. The highest BCUT2D eigenvalue weighted by molar-refractivity contribution is 5.69. The van der Waals surface area contributed by atoms with Crippen molar-refractivity contribution in [2.24, 2.45) is 0 Å². The molecule has 1 heterocycles. The van der Waals surface area contributed by atoms with Gasteiger partial charge in [-0.2, -0.15) is 5.10 Å². The number of nitrogens with zero attached hydrogens (tertiary/aromatic N) is 2. The van der Waals surface area contributed by atoms with Crippen LogP contribution in [0.4, 0.5) is 0 Å². The topological polar surface area (TPSA) is 29.9 Å². The molecule has 1 N–H and O–H groups in total. The van der Waals surface area contributed by atoms with Gasteiger partial charge in [0.2, 0.25) is 0 Å². The number of benzene rings is 1. The lowest BCUT2D eigenvalue weighted by molar-refractivity contribution is 0.569. The van der Waals surface area contributed by atoms with Crippen molar-refractivity contribution in [2.75, 3.05) is 13.6 Å². The first-order valence-corrected chi connectivity index (χ1v) is 6.81. The molecule has 0 atom stereocenters. The number of nitrogens with one attached hydrogen (secondary N) is 1. The van der Waals surface area contributed by atoms with E-state index < -0.39 is 0 Å². The van der Waals surface area contributed by atoms with Crippen molar-refractivity contribution < 1.29 is 0 Å². The molecule has 0 aliphatic heterocycles. The SMILES string of the molecule is CNCCn1nc(C)c(-c2ccc(C)c(C)c2)c1C. The molecule has 2 rings (SSSR count). The zero-order valence-electron chi connectivity index (χ0n) is 12.5. The van der Waals surface area contributed by atoms with Crippen molar-refractivity contribution in [1.29, 1.82) is 0 Å². The fourth-order valence-corrected chi connectivity index (χ4v) is 2.45. The summed E-state index contributed by atoms with van der Waals surface area (Å²) in [6.07, 6.45) is 0. The molecule has 102 valence electrons. The van der Waals surface area contributed by atoms with E-state index in [1.54, 1.807) is 0 Å². The number of hydrogen-bond donors (Lipinski definition) is 1. The maximum absolute atomic E-state index is 4.65. The second kappa shape index (κ2) is 5.57. The fraction of sp³-hybridized carbons (Fsp3) is 0.438. The first-order chi connectivity index (χ1) is 9.04. The van der Waals surface area contributed by atoms with Crippen LogP contribution in [0.2, 0.25) is 0 Å². The van der Waals surface area contributed by atoms with Crippen LogP contribution in [0.3, 0.4) is 0 Å². The number of hydrogen-bond acceptors (Lipinski definition) is 2. The van der Waals surface area contributed by atoms with Crippen LogP contribution < -0.4 is 5.32 Å². The Bertz CT molecular complexity index is 582. The van der Waals surface area contributed by atoms with Gasteiger partial charge in [-0.1, -0.05) is 18.2 Å². The Balaban J connectivity index is 2.44. The van der Waals surface area contributed by atoms with Crippen LogP contribution in [0.5, 0.6) is 0 Å². The monoisotopic (exact) mass is 257 g/mol. The van der Waals surface area contributed by atoms with Gasteiger partial charge < -0.3 is 5.32 Å². The predicted octanol–water partition coefficient (Wildman–Crippen LogP) is 3.00. The Morgan fingerprint density at radius 1 is 1.11 bits per heavy atom. The van der Waals surface area contributed by atoms with Crippen LogP contribution in [0.15, 0.2) is 18.2 Å². The van der Waals surface area contributed by atoms with Gasteiger partial charge in [0.1, 0.15) is 0 Å². The summed E-state index contributed by atoms with van der Waals surface area (Å²) in [6.45, 7) is 10.4. The van der Waals surface area contributed by atoms with E-state index in [2.05, 4.69) is 61.0 Å². The van der Waals surface area contributed by atoms with E-state index in [-0.39, 0.29) is 0 Å². The molecule has 3 heteroatoms. The van der Waals surface area contributed by atoms with Crippen molar-refractivity contribution in [1.82, 2.24) is 15.1 Å². The van der Waals surface area contributed by atoms with Crippen LogP contribution in [0, 0.1) is 27.7 Å². The van der Waals surface area contributed by atoms with Gasteiger partial charge in [-0.25, -0.2) is 0 Å². The maximum Gasteiger partial charge on any atom is 0.0674 e. The molecule has 0 aliphatic rings. The molecule has 0 spiro atoms. The normalized spacial score (nSPS) is 11.0. The van der Waals surface area contributed by atoms with E-state index in [0.29, 0.717) is 0 Å². The van der Waals surface area contributed by atoms with Gasteiger partial charge in [0.25, 0.3) is 0 Å². The Morgan fingerprint density at radius 2 is 1.84 bits per heavy atom. The lowest BCUT2D eigenvalue weighted by Gasteiger charge is -2.07. The summed E-state index contributed by atoms with van der Waals surface area (Å²) in [4.78, 5) is 0. The predicted molar refractivity (Wildman–Crippen MR) is 80.5 cm³/mol. The number of aromatic nitrogens is 2. The molecule has 0 aliphatic carbocycles. The Hall–Kier alpha value is -1.61. The summed E-state index contributed by atoms with van der Waals surface area (Å²) < 4.78 is 2.09. The lowest BCUT2D eigenvalue weighted by atomic mass is 9.99. The fourth-order valence-electron chi connectivity index (χ4n) is 2.45. The van der Waals surface area contributed by atoms with Gasteiger partial charge in [0, 0.05) is 17.8 Å². The van der Waals surface area contributed by atoms with Crippen LogP contribution in [0.1, 0.15) is 22.5 Å². The number of rotatable bonds is 4. The van der Waals surface area contributed by atoms with Crippen molar-refractivity contribution in [2.45, 2.75) is 34.2 Å². The average molecular weight is 257 g/mol. The highest BCUT2D eigenvalue weighted by atomic mass is 15.3. The summed E-state index contributed by atoms with van der Waals surface area (Å²) in [5.41, 5.74) is 7.57. The molecule has 1 aromatic carbocycles. The Morgan fingerprint density at radius 3 is 2.47 bits per heavy atom. The van der Waals surface area contributed by atoms with Crippen LogP contribution in [-0.2, 0) is 6.54 Å². The minimum atomic E-state index is 0.911. The highest BCUT2D eigenvalue weighted by Crippen LogP contribution is 2.28. The Labute approximate surface area is 115 Å². The zero-order chi connectivity index (χ0) is 14.0. The highest BCUT2D eigenvalue weighted by Gasteiger charge is 2.13. The molecular formula is C16H23N3. The van der Waals surface area contributed by atoms with E-state index in [4.69, 9.17) is 0 Å². The first kappa shape index (κ1) is 13.8. The molecule has 1 aromatic heterocycles. The number of aryl methyl sites for hydroxylation is 3. The molecule has 0 saturated heterocycles. The molecular weight excluding hydrogens is 234 g/mol. The van der Waals surface area contributed by atoms with E-state index in [9.17, 15) is 0 Å². The van der Waals surface area contributed by atoms with Crippen molar-refractivity contribution in [3.63, 3.8) is 0 Å². The van der Waals surface area contributed by atoms with Crippen molar-refractivity contribution in [3.05, 3.63) is 40.7 Å². The van der Waals surface area contributed by atoms with Gasteiger partial charge in [-0.05, 0) is 51.4 Å². The minimum Gasteiger partial charge on any atom is -0.318 e. The smallest absolute Gasteiger partial charge is 0.0674 e. The molecule has 0 saturated carbocycles. The van der Waals surface area contributed by atoms with E-state index in [1.807, 2.05) is 7.05 Å². The summed E-state index contributed by atoms with van der Waals surface area (Å²) >= 11 is 0. The van der Waals surface area contributed by atoms with Crippen LogP contribution in [-0.4, -0.2) is 23.4 Å². The molecule has 0 unspecified atom stereocenters. The summed E-state index contributed by atoms with van der Waals surface area (Å²) in [6, 6.07) is 6.64. The molecule has 0 radical (unpaired) electrons. The van der Waals surface area contributed by atoms with Gasteiger partial charge in [0.15, 0.2) is 0 Å². The van der Waals surface area contributed by atoms with Crippen LogP contribution >= 0.6 is 0 Å². The van der Waals surface area contributed by atoms with Crippen molar-refractivity contribution in [3.8, 4) is 11.1 Å². The molecule has 0 bridgehead atoms. The van der Waals surface area contributed by atoms with E-state index in [0.717, 1.165) is 18.8 Å². The quantitative estimate of drug-likeness (QED) is 0.912. The number of likely N-dealkylation sites (N-methyl/N-ethyl adjacent to an activating group) is 1. The largest absolute Gasteiger partial charge is 0.318 e. The summed E-state index contributed by atoms with van der Waals surface area (Å²) in [7, 11) is 1.97. The maximum atomic E-state index is 4.65. The third-order valence-electron chi connectivity index (χ3n) is 3.75. The molecule has 0 amide bonds. The van der Waals surface area contributed by atoms with E-state index >= 15 is 0 Å². The second-order valence-corrected chi connectivity index (χ2v) is 5.17. The zero-order valence-corrected chi connectivity index (χ0v) is 12.5. The molecule has 3 nitrogen and oxygen atoms in total. The molecule has 2 aromatic rings. The Kier molecular flexibility index (Phi) is 4.05. The molecule has 19 heavy (non-hydrogen) atoms. The van der Waals surface area contributed by atoms with Crippen molar-refractivity contribution >= 4 is 0 Å². The third kappa shape index (κ3) is 2.71. The third-order valence-corrected chi connectivity index (χ3v) is 3.75. The van der Waals surface area contributed by atoms with Gasteiger partial charge in [-0.15, -0.1) is 0 Å². The van der Waals surface area contributed by atoms with Gasteiger partial charge in [0.05, 0.1) is 12.2 Å². The van der Waals surface area contributed by atoms with E-state index in [1.165, 1.54) is 27.9 Å². The molecule has 0 fully saturated rings. The minimum absolute atomic E-state index is 0.911. The summed E-state index contributed by atoms with van der Waals surface area (Å²) in [5, 5.41) is 7.82.